The molecule has 1 amide bonds. The van der Waals surface area contributed by atoms with Crippen LogP contribution in [0.2, 0.25) is 0 Å². The summed E-state index contributed by atoms with van der Waals surface area (Å²) in [6, 6.07) is 7.48. The van der Waals surface area contributed by atoms with Crippen molar-refractivity contribution >= 4 is 16.9 Å². The van der Waals surface area contributed by atoms with Gasteiger partial charge >= 0.3 is 0 Å². The minimum Gasteiger partial charge on any atom is -0.386 e. The van der Waals surface area contributed by atoms with Gasteiger partial charge in [0, 0.05) is 0 Å². The van der Waals surface area contributed by atoms with Gasteiger partial charge in [-0.2, -0.15) is 0 Å². The Balaban J connectivity index is 1.55. The number of β-amino-alcohol motifs (C(OH)–C–C–N with tert-alkyl or cyclic N) is 1. The highest BCUT2D eigenvalue weighted by molar-refractivity contribution is 5.94. The number of aromatic nitrogens is 2. The van der Waals surface area contributed by atoms with Crippen molar-refractivity contribution in [1.82, 2.24) is 14.9 Å². The van der Waals surface area contributed by atoms with E-state index < -0.39 is 5.60 Å². The first-order valence-corrected chi connectivity index (χ1v) is 6.89. The predicted octanol–water partition coefficient (Wildman–Crippen LogP) is 1.23. The molecule has 0 unspecified atom stereocenters. The van der Waals surface area contributed by atoms with Crippen LogP contribution in [-0.2, 0) is 0 Å². The number of rotatable bonds is 2. The van der Waals surface area contributed by atoms with E-state index in [1.165, 1.54) is 6.20 Å². The Hall–Kier alpha value is -2.01. The van der Waals surface area contributed by atoms with Gasteiger partial charge in [0.1, 0.15) is 11.3 Å². The number of para-hydroxylation sites is 2. The molecule has 0 bridgehead atoms. The van der Waals surface area contributed by atoms with Crippen molar-refractivity contribution in [3.8, 4) is 0 Å². The molecule has 1 aliphatic carbocycles. The Morgan fingerprint density at radius 3 is 2.65 bits per heavy atom. The fourth-order valence-electron chi connectivity index (χ4n) is 2.86. The van der Waals surface area contributed by atoms with Crippen LogP contribution in [0.25, 0.3) is 11.0 Å². The van der Waals surface area contributed by atoms with E-state index in [2.05, 4.69) is 9.97 Å². The number of hydrogen-bond acceptors (Lipinski definition) is 4. The first-order valence-electron chi connectivity index (χ1n) is 6.89. The monoisotopic (exact) mass is 269 g/mol. The van der Waals surface area contributed by atoms with E-state index in [0.717, 1.165) is 23.9 Å². The summed E-state index contributed by atoms with van der Waals surface area (Å²) < 4.78 is 0. The fraction of sp³-hybridized carbons (Fsp3) is 0.400. The number of nitrogens with zero attached hydrogens (tertiary/aromatic N) is 3. The molecule has 5 heteroatoms. The molecule has 0 atom stereocenters. The van der Waals surface area contributed by atoms with E-state index in [4.69, 9.17) is 0 Å². The van der Waals surface area contributed by atoms with Crippen molar-refractivity contribution in [1.29, 1.82) is 0 Å². The van der Waals surface area contributed by atoms with Crippen molar-refractivity contribution in [2.24, 2.45) is 5.92 Å². The summed E-state index contributed by atoms with van der Waals surface area (Å²) in [5.41, 5.74) is 1.19. The third-order valence-electron chi connectivity index (χ3n) is 4.22. The molecule has 2 heterocycles. The standard InChI is InChI=1S/C15H15N3O2/c19-14(18-8-15(20,9-18)10-5-6-10)13-7-16-11-3-1-2-4-12(11)17-13/h1-4,7,10,20H,5-6,8-9H2. The molecule has 102 valence electrons. The summed E-state index contributed by atoms with van der Waals surface area (Å²) in [6.07, 6.45) is 3.67. The summed E-state index contributed by atoms with van der Waals surface area (Å²) >= 11 is 0. The molecule has 0 radical (unpaired) electrons. The highest BCUT2D eigenvalue weighted by atomic mass is 16.3. The first kappa shape index (κ1) is 11.8. The molecule has 1 aliphatic heterocycles. The average molecular weight is 269 g/mol. The molecule has 2 aromatic rings. The molecule has 20 heavy (non-hydrogen) atoms. The molecular formula is C15H15N3O2. The highest BCUT2D eigenvalue weighted by Crippen LogP contribution is 2.44. The number of aliphatic hydroxyl groups is 1. The molecule has 1 saturated heterocycles. The maximum atomic E-state index is 12.3. The van der Waals surface area contributed by atoms with E-state index in [1.54, 1.807) is 4.90 Å². The molecule has 1 aromatic carbocycles. The molecule has 1 saturated carbocycles. The van der Waals surface area contributed by atoms with Gasteiger partial charge in [-0.05, 0) is 30.9 Å². The maximum Gasteiger partial charge on any atom is 0.274 e. The van der Waals surface area contributed by atoms with Crippen molar-refractivity contribution < 1.29 is 9.90 Å². The van der Waals surface area contributed by atoms with E-state index >= 15 is 0 Å². The summed E-state index contributed by atoms with van der Waals surface area (Å²) in [5, 5.41) is 10.3. The van der Waals surface area contributed by atoms with Crippen LogP contribution in [0.5, 0.6) is 0 Å². The second kappa shape index (κ2) is 3.99. The zero-order chi connectivity index (χ0) is 13.7. The largest absolute Gasteiger partial charge is 0.386 e. The molecule has 4 rings (SSSR count). The van der Waals surface area contributed by atoms with Crippen LogP contribution in [-0.4, -0.2) is 44.6 Å². The summed E-state index contributed by atoms with van der Waals surface area (Å²) in [4.78, 5) is 22.6. The third kappa shape index (κ3) is 1.78. The predicted molar refractivity (Wildman–Crippen MR) is 73.1 cm³/mol. The van der Waals surface area contributed by atoms with E-state index in [9.17, 15) is 9.90 Å². The molecule has 0 spiro atoms. The Morgan fingerprint density at radius 1 is 1.25 bits per heavy atom. The van der Waals surface area contributed by atoms with Gasteiger partial charge < -0.3 is 10.0 Å². The van der Waals surface area contributed by atoms with Crippen LogP contribution >= 0.6 is 0 Å². The SMILES string of the molecule is O=C(c1cnc2ccccc2n1)N1CC(O)(C2CC2)C1. The number of amides is 1. The second-order valence-corrected chi connectivity index (χ2v) is 5.78. The molecule has 2 aliphatic rings. The Morgan fingerprint density at radius 2 is 1.95 bits per heavy atom. The summed E-state index contributed by atoms with van der Waals surface area (Å²) in [5.74, 6) is 0.239. The second-order valence-electron chi connectivity index (χ2n) is 5.78. The van der Waals surface area contributed by atoms with E-state index in [-0.39, 0.29) is 5.91 Å². The summed E-state index contributed by atoms with van der Waals surface area (Å²) in [6.45, 7) is 0.843. The van der Waals surface area contributed by atoms with Crippen molar-refractivity contribution in [3.05, 3.63) is 36.2 Å². The lowest BCUT2D eigenvalue weighted by molar-refractivity contribution is -0.0959. The maximum absolute atomic E-state index is 12.3. The van der Waals surface area contributed by atoms with Gasteiger partial charge in [-0.3, -0.25) is 9.78 Å². The van der Waals surface area contributed by atoms with Gasteiger partial charge in [0.25, 0.3) is 5.91 Å². The smallest absolute Gasteiger partial charge is 0.274 e. The Labute approximate surface area is 116 Å². The van der Waals surface area contributed by atoms with Gasteiger partial charge in [-0.1, -0.05) is 12.1 Å². The quantitative estimate of drug-likeness (QED) is 0.890. The number of benzene rings is 1. The van der Waals surface area contributed by atoms with Crippen molar-refractivity contribution in [2.45, 2.75) is 18.4 Å². The van der Waals surface area contributed by atoms with Gasteiger partial charge in [0.05, 0.1) is 30.3 Å². The van der Waals surface area contributed by atoms with Gasteiger partial charge in [-0.15, -0.1) is 0 Å². The van der Waals surface area contributed by atoms with Crippen LogP contribution in [0.15, 0.2) is 30.5 Å². The van der Waals surface area contributed by atoms with Gasteiger partial charge in [0.2, 0.25) is 0 Å². The van der Waals surface area contributed by atoms with Crippen LogP contribution in [0.3, 0.4) is 0 Å². The van der Waals surface area contributed by atoms with Crippen molar-refractivity contribution in [2.75, 3.05) is 13.1 Å². The molecule has 2 fully saturated rings. The van der Waals surface area contributed by atoms with Gasteiger partial charge in [0.15, 0.2) is 0 Å². The van der Waals surface area contributed by atoms with Crippen LogP contribution in [0, 0.1) is 5.92 Å². The van der Waals surface area contributed by atoms with Gasteiger partial charge in [-0.25, -0.2) is 4.98 Å². The van der Waals surface area contributed by atoms with Crippen LogP contribution < -0.4 is 0 Å². The Bertz CT molecular complexity index is 690. The normalized spacial score (nSPS) is 20.8. The number of carbonyl (C=O) groups is 1. The summed E-state index contributed by atoms with van der Waals surface area (Å²) in [7, 11) is 0. The zero-order valence-electron chi connectivity index (χ0n) is 11.0. The van der Waals surface area contributed by atoms with E-state index in [0.29, 0.717) is 24.7 Å². The number of likely N-dealkylation sites (tertiary alicyclic amines) is 1. The van der Waals surface area contributed by atoms with Crippen molar-refractivity contribution in [3.63, 3.8) is 0 Å². The lowest BCUT2D eigenvalue weighted by Gasteiger charge is -2.46. The number of carbonyl (C=O) groups excluding carboxylic acids is 1. The average Bonchev–Trinajstić information content (AvgIpc) is 3.27. The minimum absolute atomic E-state index is 0.145. The molecule has 5 nitrogen and oxygen atoms in total. The molecular weight excluding hydrogens is 254 g/mol. The topological polar surface area (TPSA) is 66.3 Å². The highest BCUT2D eigenvalue weighted by Gasteiger charge is 2.53. The molecule has 1 aromatic heterocycles. The number of fused-ring (bicyclic) bond motifs is 1. The van der Waals surface area contributed by atoms with Crippen LogP contribution in [0.1, 0.15) is 23.3 Å². The molecule has 1 N–H and O–H groups in total. The Kier molecular flexibility index (Phi) is 2.35. The third-order valence-corrected chi connectivity index (χ3v) is 4.22. The lowest BCUT2D eigenvalue weighted by Crippen LogP contribution is -2.64. The number of hydrogen-bond donors (Lipinski definition) is 1. The fourth-order valence-corrected chi connectivity index (χ4v) is 2.86. The van der Waals surface area contributed by atoms with Crippen LogP contribution in [0.4, 0.5) is 0 Å². The first-order chi connectivity index (χ1) is 9.66. The zero-order valence-corrected chi connectivity index (χ0v) is 11.0. The van der Waals surface area contributed by atoms with E-state index in [1.807, 2.05) is 24.3 Å². The lowest BCUT2D eigenvalue weighted by atomic mass is 9.88. The minimum atomic E-state index is -0.653.